The first kappa shape index (κ1) is 16.0. The minimum absolute atomic E-state index is 0.0267. The molecule has 0 N–H and O–H groups in total. The van der Waals surface area contributed by atoms with Gasteiger partial charge in [-0.15, -0.1) is 0 Å². The van der Waals surface area contributed by atoms with Crippen molar-refractivity contribution in [3.63, 3.8) is 0 Å². The topological polar surface area (TPSA) is 52.6 Å². The lowest BCUT2D eigenvalue weighted by atomic mass is 9.76. The maximum Gasteiger partial charge on any atom is 0.313 e. The summed E-state index contributed by atoms with van der Waals surface area (Å²) < 4.78 is 11.1. The van der Waals surface area contributed by atoms with Gasteiger partial charge in [0.25, 0.3) is 0 Å². The van der Waals surface area contributed by atoms with Crippen molar-refractivity contribution >= 4 is 11.8 Å². The molecular weight excluding hydrogens is 292 g/mol. The highest BCUT2D eigenvalue weighted by Crippen LogP contribution is 2.43. The average molecular weight is 316 g/mol. The van der Waals surface area contributed by atoms with Crippen LogP contribution in [0.25, 0.3) is 0 Å². The highest BCUT2D eigenvalue weighted by Gasteiger charge is 2.47. The fraction of sp³-hybridized carbons (Fsp3) is 0.579. The second-order valence-corrected chi connectivity index (χ2v) is 6.76. The van der Waals surface area contributed by atoms with Crippen LogP contribution in [-0.2, 0) is 20.7 Å². The summed E-state index contributed by atoms with van der Waals surface area (Å²) in [6.07, 6.45) is 6.25. The van der Waals surface area contributed by atoms with Gasteiger partial charge in [-0.05, 0) is 49.3 Å². The van der Waals surface area contributed by atoms with Gasteiger partial charge in [0.15, 0.2) is 0 Å². The Bertz CT molecular complexity index is 571. The zero-order valence-electron chi connectivity index (χ0n) is 13.7. The molecule has 1 aliphatic heterocycles. The van der Waals surface area contributed by atoms with Gasteiger partial charge in [-0.25, -0.2) is 0 Å². The van der Waals surface area contributed by atoms with Crippen molar-refractivity contribution < 1.29 is 19.1 Å². The van der Waals surface area contributed by atoms with Crippen molar-refractivity contribution in [2.45, 2.75) is 57.0 Å². The zero-order valence-corrected chi connectivity index (χ0v) is 13.7. The first-order valence-corrected chi connectivity index (χ1v) is 8.48. The van der Waals surface area contributed by atoms with E-state index in [-0.39, 0.29) is 18.2 Å². The van der Waals surface area contributed by atoms with E-state index in [4.69, 9.17) is 9.47 Å². The zero-order chi connectivity index (χ0) is 16.3. The number of ketones is 1. The molecule has 0 radical (unpaired) electrons. The third-order valence-corrected chi connectivity index (χ3v) is 5.23. The predicted molar refractivity (Wildman–Crippen MR) is 86.3 cm³/mol. The van der Waals surface area contributed by atoms with Gasteiger partial charge in [-0.1, -0.05) is 25.0 Å². The molecule has 23 heavy (non-hydrogen) atoms. The second-order valence-electron chi connectivity index (χ2n) is 6.76. The van der Waals surface area contributed by atoms with Gasteiger partial charge >= 0.3 is 5.97 Å². The molecule has 1 aromatic rings. The van der Waals surface area contributed by atoms with Crippen molar-refractivity contribution in [2.75, 3.05) is 7.11 Å². The summed E-state index contributed by atoms with van der Waals surface area (Å²) >= 11 is 0. The van der Waals surface area contributed by atoms with Crippen LogP contribution in [0.4, 0.5) is 0 Å². The van der Waals surface area contributed by atoms with Gasteiger partial charge in [0.2, 0.25) is 0 Å². The van der Waals surface area contributed by atoms with Crippen LogP contribution in [0.5, 0.6) is 5.75 Å². The summed E-state index contributed by atoms with van der Waals surface area (Å²) in [4.78, 5) is 23.9. The van der Waals surface area contributed by atoms with Crippen LogP contribution in [0.3, 0.4) is 0 Å². The molecule has 4 heteroatoms. The molecule has 2 aliphatic rings. The molecule has 3 rings (SSSR count). The lowest BCUT2D eigenvalue weighted by Gasteiger charge is -2.41. The second kappa shape index (κ2) is 6.73. The molecule has 2 fully saturated rings. The van der Waals surface area contributed by atoms with Crippen LogP contribution < -0.4 is 4.74 Å². The van der Waals surface area contributed by atoms with E-state index < -0.39 is 5.60 Å². The first-order chi connectivity index (χ1) is 11.1. The molecule has 1 saturated carbocycles. The highest BCUT2D eigenvalue weighted by molar-refractivity contribution is 5.98. The van der Waals surface area contributed by atoms with Gasteiger partial charge < -0.3 is 9.47 Å². The predicted octanol–water partition coefficient (Wildman–Crippen LogP) is 3.46. The average Bonchev–Trinajstić information content (AvgIpc) is 3.07. The standard InChI is InChI=1S/C19H24O4/c1-22-17-8-4-5-14(11-17)9-10-19(15-6-2-3-7-15)13-16(20)12-18(21)23-19/h4-5,8,11,15H,2-3,6-7,9-10,12-13H2,1H3. The molecule has 0 aromatic heterocycles. The van der Waals surface area contributed by atoms with Gasteiger partial charge in [0, 0.05) is 6.42 Å². The summed E-state index contributed by atoms with van der Waals surface area (Å²) in [5, 5.41) is 0. The van der Waals surface area contributed by atoms with Crippen LogP contribution in [0.1, 0.15) is 50.5 Å². The number of benzene rings is 1. The molecule has 1 aliphatic carbocycles. The maximum absolute atomic E-state index is 12.0. The molecule has 1 aromatic carbocycles. The van der Waals surface area contributed by atoms with Crippen LogP contribution in [0.2, 0.25) is 0 Å². The molecule has 4 nitrogen and oxygen atoms in total. The SMILES string of the molecule is COc1cccc(CCC2(C3CCCC3)CC(=O)CC(=O)O2)c1. The Balaban J connectivity index is 1.78. The Morgan fingerprint density at radius 1 is 1.26 bits per heavy atom. The van der Waals surface area contributed by atoms with Crippen molar-refractivity contribution in [1.82, 2.24) is 0 Å². The van der Waals surface area contributed by atoms with Crippen molar-refractivity contribution in [1.29, 1.82) is 0 Å². The minimum atomic E-state index is -0.591. The van der Waals surface area contributed by atoms with E-state index in [0.717, 1.165) is 43.4 Å². The normalized spacial score (nSPS) is 25.4. The van der Waals surface area contributed by atoms with Gasteiger partial charge in [0.05, 0.1) is 7.11 Å². The van der Waals surface area contributed by atoms with Crippen LogP contribution in [-0.4, -0.2) is 24.5 Å². The number of hydrogen-bond acceptors (Lipinski definition) is 4. The molecule has 0 spiro atoms. The van der Waals surface area contributed by atoms with Crippen LogP contribution >= 0.6 is 0 Å². The largest absolute Gasteiger partial charge is 0.497 e. The number of aryl methyl sites for hydroxylation is 1. The lowest BCUT2D eigenvalue weighted by molar-refractivity contribution is -0.178. The number of methoxy groups -OCH3 is 1. The summed E-state index contributed by atoms with van der Waals surface area (Å²) in [5.74, 6) is 0.827. The number of rotatable bonds is 5. The van der Waals surface area contributed by atoms with E-state index in [1.807, 2.05) is 18.2 Å². The third-order valence-electron chi connectivity index (χ3n) is 5.23. The first-order valence-electron chi connectivity index (χ1n) is 8.48. The van der Waals surface area contributed by atoms with Crippen molar-refractivity contribution in [2.24, 2.45) is 5.92 Å². The molecule has 1 saturated heterocycles. The Hall–Kier alpha value is -1.84. The van der Waals surface area contributed by atoms with E-state index in [1.54, 1.807) is 7.11 Å². The van der Waals surface area contributed by atoms with E-state index in [2.05, 4.69) is 6.07 Å². The molecule has 0 amide bonds. The van der Waals surface area contributed by atoms with E-state index in [0.29, 0.717) is 18.8 Å². The number of ether oxygens (including phenoxy) is 2. The summed E-state index contributed by atoms with van der Waals surface area (Å²) in [6.45, 7) is 0. The van der Waals surface area contributed by atoms with E-state index in [1.165, 1.54) is 0 Å². The molecule has 124 valence electrons. The van der Waals surface area contributed by atoms with Crippen LogP contribution in [0, 0.1) is 5.92 Å². The quantitative estimate of drug-likeness (QED) is 0.616. The number of hydrogen-bond donors (Lipinski definition) is 0. The Morgan fingerprint density at radius 3 is 2.74 bits per heavy atom. The molecule has 1 heterocycles. The number of esters is 1. The fourth-order valence-corrected chi connectivity index (χ4v) is 4.06. The van der Waals surface area contributed by atoms with Gasteiger partial charge in [-0.2, -0.15) is 0 Å². The molecule has 1 atom stereocenters. The summed E-state index contributed by atoms with van der Waals surface area (Å²) in [7, 11) is 1.65. The highest BCUT2D eigenvalue weighted by atomic mass is 16.6. The van der Waals surface area contributed by atoms with Gasteiger partial charge in [0.1, 0.15) is 23.6 Å². The minimum Gasteiger partial charge on any atom is -0.497 e. The molecule has 0 bridgehead atoms. The Kier molecular flexibility index (Phi) is 4.69. The van der Waals surface area contributed by atoms with Crippen molar-refractivity contribution in [3.8, 4) is 5.75 Å². The smallest absolute Gasteiger partial charge is 0.313 e. The number of carbonyl (C=O) groups is 2. The van der Waals surface area contributed by atoms with Crippen LogP contribution in [0.15, 0.2) is 24.3 Å². The lowest BCUT2D eigenvalue weighted by Crippen LogP contribution is -2.48. The molecule has 1 unspecified atom stereocenters. The monoisotopic (exact) mass is 316 g/mol. The Labute approximate surface area is 137 Å². The number of Topliss-reactive ketones (excluding diaryl/α,β-unsaturated/α-hetero) is 1. The number of carbonyl (C=O) groups excluding carboxylic acids is 2. The number of cyclic esters (lactones) is 1. The third kappa shape index (κ3) is 3.57. The van der Waals surface area contributed by atoms with Crippen molar-refractivity contribution in [3.05, 3.63) is 29.8 Å². The maximum atomic E-state index is 12.0. The fourth-order valence-electron chi connectivity index (χ4n) is 4.06. The summed E-state index contributed by atoms with van der Waals surface area (Å²) in [5.41, 5.74) is 0.558. The summed E-state index contributed by atoms with van der Waals surface area (Å²) in [6, 6.07) is 7.95. The van der Waals surface area contributed by atoms with E-state index in [9.17, 15) is 9.59 Å². The van der Waals surface area contributed by atoms with Gasteiger partial charge in [-0.3, -0.25) is 9.59 Å². The van der Waals surface area contributed by atoms with E-state index >= 15 is 0 Å². The Morgan fingerprint density at radius 2 is 2.04 bits per heavy atom. The molecular formula is C19H24O4.